The van der Waals surface area contributed by atoms with Crippen molar-refractivity contribution in [2.45, 2.75) is 13.0 Å². The number of rotatable bonds is 2. The number of hydrogen-bond donors (Lipinski definition) is 0. The molecule has 1 saturated heterocycles. The highest BCUT2D eigenvalue weighted by Gasteiger charge is 2.32. The van der Waals surface area contributed by atoms with Gasteiger partial charge < -0.3 is 9.80 Å². The highest BCUT2D eigenvalue weighted by atomic mass is 32.1. The minimum Gasteiger partial charge on any atom is -0.328 e. The van der Waals surface area contributed by atoms with Gasteiger partial charge in [-0.05, 0) is 19.5 Å². The summed E-state index contributed by atoms with van der Waals surface area (Å²) in [5, 5.41) is 0. The Morgan fingerprint density at radius 2 is 2.05 bits per heavy atom. The van der Waals surface area contributed by atoms with E-state index in [4.69, 9.17) is 0 Å². The van der Waals surface area contributed by atoms with Gasteiger partial charge in [0.25, 0.3) is 5.91 Å². The quantitative estimate of drug-likeness (QED) is 0.855. The van der Waals surface area contributed by atoms with E-state index in [1.165, 1.54) is 16.9 Å². The molecule has 0 saturated carbocycles. The van der Waals surface area contributed by atoms with E-state index < -0.39 is 0 Å². The Bertz CT molecular complexity index is 625. The standard InChI is InChI=1S/C16H19N3OS/c1-12-15(21-11-17-12)16(20)19-9-8-18(2)10-14(19)13-6-4-3-5-7-13/h3-7,11,14H,8-10H2,1-2H3. The van der Waals surface area contributed by atoms with Crippen LogP contribution in [0, 0.1) is 6.92 Å². The summed E-state index contributed by atoms with van der Waals surface area (Å²) in [5.74, 6) is 0.108. The van der Waals surface area contributed by atoms with Crippen molar-refractivity contribution in [3.8, 4) is 0 Å². The normalized spacial score (nSPS) is 19.7. The monoisotopic (exact) mass is 301 g/mol. The predicted molar refractivity (Wildman–Crippen MR) is 84.6 cm³/mol. The number of hydrogen-bond acceptors (Lipinski definition) is 4. The summed E-state index contributed by atoms with van der Waals surface area (Å²) in [4.78, 5) is 22.1. The Balaban J connectivity index is 1.91. The average Bonchev–Trinajstić information content (AvgIpc) is 2.93. The lowest BCUT2D eigenvalue weighted by atomic mass is 10.0. The summed E-state index contributed by atoms with van der Waals surface area (Å²) in [6.45, 7) is 4.43. The average molecular weight is 301 g/mol. The molecule has 1 unspecified atom stereocenters. The molecule has 1 aliphatic heterocycles. The van der Waals surface area contributed by atoms with E-state index in [9.17, 15) is 4.79 Å². The van der Waals surface area contributed by atoms with E-state index in [0.29, 0.717) is 0 Å². The second-order valence-corrected chi connectivity index (χ2v) is 6.31. The van der Waals surface area contributed by atoms with Crippen LogP contribution in [-0.2, 0) is 0 Å². The number of piperazine rings is 1. The molecule has 1 aromatic carbocycles. The minimum atomic E-state index is 0.108. The van der Waals surface area contributed by atoms with Gasteiger partial charge in [-0.1, -0.05) is 30.3 Å². The van der Waals surface area contributed by atoms with E-state index in [1.807, 2.05) is 30.0 Å². The Labute approximate surface area is 129 Å². The Morgan fingerprint density at radius 1 is 1.29 bits per heavy atom. The zero-order valence-electron chi connectivity index (χ0n) is 12.3. The van der Waals surface area contributed by atoms with Crippen LogP contribution in [-0.4, -0.2) is 47.4 Å². The third kappa shape index (κ3) is 2.84. The summed E-state index contributed by atoms with van der Waals surface area (Å²) in [7, 11) is 2.11. The first-order valence-electron chi connectivity index (χ1n) is 7.11. The van der Waals surface area contributed by atoms with Crippen LogP contribution in [0.15, 0.2) is 35.8 Å². The number of thiazole rings is 1. The third-order valence-electron chi connectivity index (χ3n) is 3.97. The molecule has 2 aromatic rings. The Kier molecular flexibility index (Phi) is 4.03. The summed E-state index contributed by atoms with van der Waals surface area (Å²) >= 11 is 1.43. The van der Waals surface area contributed by atoms with Gasteiger partial charge in [-0.25, -0.2) is 4.98 Å². The van der Waals surface area contributed by atoms with E-state index in [0.717, 1.165) is 30.2 Å². The van der Waals surface area contributed by atoms with Crippen molar-refractivity contribution < 1.29 is 4.79 Å². The van der Waals surface area contributed by atoms with E-state index in [-0.39, 0.29) is 11.9 Å². The van der Waals surface area contributed by atoms with Gasteiger partial charge in [-0.15, -0.1) is 11.3 Å². The van der Waals surface area contributed by atoms with Gasteiger partial charge in [-0.2, -0.15) is 0 Å². The van der Waals surface area contributed by atoms with Crippen molar-refractivity contribution in [2.24, 2.45) is 0 Å². The van der Waals surface area contributed by atoms with Crippen LogP contribution in [0.1, 0.15) is 27.0 Å². The first-order chi connectivity index (χ1) is 10.2. The SMILES string of the molecule is Cc1ncsc1C(=O)N1CCN(C)CC1c1ccccc1. The Morgan fingerprint density at radius 3 is 2.71 bits per heavy atom. The molecule has 3 rings (SSSR count). The van der Waals surface area contributed by atoms with Gasteiger partial charge in [-0.3, -0.25) is 4.79 Å². The Hall–Kier alpha value is -1.72. The second-order valence-electron chi connectivity index (χ2n) is 5.45. The van der Waals surface area contributed by atoms with Gasteiger partial charge in [0.1, 0.15) is 4.88 Å². The molecule has 1 aromatic heterocycles. The van der Waals surface area contributed by atoms with Crippen LogP contribution in [0.5, 0.6) is 0 Å². The highest BCUT2D eigenvalue weighted by molar-refractivity contribution is 7.11. The molecule has 110 valence electrons. The van der Waals surface area contributed by atoms with Crippen molar-refractivity contribution in [2.75, 3.05) is 26.7 Å². The molecule has 5 heteroatoms. The molecule has 21 heavy (non-hydrogen) atoms. The minimum absolute atomic E-state index is 0.108. The van der Waals surface area contributed by atoms with Crippen molar-refractivity contribution in [3.63, 3.8) is 0 Å². The fraction of sp³-hybridized carbons (Fsp3) is 0.375. The smallest absolute Gasteiger partial charge is 0.266 e. The van der Waals surface area contributed by atoms with Crippen LogP contribution in [0.3, 0.4) is 0 Å². The van der Waals surface area contributed by atoms with Gasteiger partial charge in [0, 0.05) is 19.6 Å². The van der Waals surface area contributed by atoms with Crippen LogP contribution >= 0.6 is 11.3 Å². The maximum Gasteiger partial charge on any atom is 0.266 e. The largest absolute Gasteiger partial charge is 0.328 e. The zero-order valence-corrected chi connectivity index (χ0v) is 13.1. The predicted octanol–water partition coefficient (Wildman–Crippen LogP) is 2.58. The number of benzene rings is 1. The summed E-state index contributed by atoms with van der Waals surface area (Å²) in [6.07, 6.45) is 0. The fourth-order valence-electron chi connectivity index (χ4n) is 2.76. The zero-order chi connectivity index (χ0) is 14.8. The molecule has 0 aliphatic carbocycles. The van der Waals surface area contributed by atoms with Crippen molar-refractivity contribution >= 4 is 17.2 Å². The number of aromatic nitrogens is 1. The third-order valence-corrected chi connectivity index (χ3v) is 4.88. The van der Waals surface area contributed by atoms with Gasteiger partial charge in [0.05, 0.1) is 17.2 Å². The number of likely N-dealkylation sites (N-methyl/N-ethyl adjacent to an activating group) is 1. The molecule has 2 heterocycles. The van der Waals surface area contributed by atoms with Crippen LogP contribution in [0.2, 0.25) is 0 Å². The van der Waals surface area contributed by atoms with Gasteiger partial charge in [0.2, 0.25) is 0 Å². The molecule has 1 aliphatic rings. The van der Waals surface area contributed by atoms with Crippen LogP contribution < -0.4 is 0 Å². The fourth-order valence-corrected chi connectivity index (χ4v) is 3.52. The summed E-state index contributed by atoms with van der Waals surface area (Å²) in [6, 6.07) is 10.4. The van der Waals surface area contributed by atoms with Crippen molar-refractivity contribution in [1.29, 1.82) is 0 Å². The van der Waals surface area contributed by atoms with E-state index >= 15 is 0 Å². The maximum atomic E-state index is 12.8. The van der Waals surface area contributed by atoms with Crippen LogP contribution in [0.25, 0.3) is 0 Å². The number of aryl methyl sites for hydroxylation is 1. The van der Waals surface area contributed by atoms with E-state index in [1.54, 1.807) is 5.51 Å². The highest BCUT2D eigenvalue weighted by Crippen LogP contribution is 2.28. The number of carbonyl (C=O) groups excluding carboxylic acids is 1. The topological polar surface area (TPSA) is 36.4 Å². The first-order valence-corrected chi connectivity index (χ1v) is 7.99. The van der Waals surface area contributed by atoms with Crippen molar-refractivity contribution in [3.05, 3.63) is 52.0 Å². The molecule has 0 bridgehead atoms. The lowest BCUT2D eigenvalue weighted by Crippen LogP contribution is -2.49. The van der Waals surface area contributed by atoms with Crippen molar-refractivity contribution in [1.82, 2.24) is 14.8 Å². The second kappa shape index (κ2) is 5.95. The molecule has 1 amide bonds. The number of nitrogens with zero attached hydrogens (tertiary/aromatic N) is 3. The molecule has 0 N–H and O–H groups in total. The first kappa shape index (κ1) is 14.2. The number of amides is 1. The summed E-state index contributed by atoms with van der Waals surface area (Å²) < 4.78 is 0. The molecule has 1 fully saturated rings. The molecule has 4 nitrogen and oxygen atoms in total. The molecular weight excluding hydrogens is 282 g/mol. The molecule has 1 atom stereocenters. The lowest BCUT2D eigenvalue weighted by Gasteiger charge is -2.40. The van der Waals surface area contributed by atoms with Crippen LogP contribution in [0.4, 0.5) is 0 Å². The lowest BCUT2D eigenvalue weighted by molar-refractivity contribution is 0.0502. The van der Waals surface area contributed by atoms with Gasteiger partial charge in [0.15, 0.2) is 0 Å². The number of carbonyl (C=O) groups is 1. The molecule has 0 spiro atoms. The molecular formula is C16H19N3OS. The summed E-state index contributed by atoms with van der Waals surface area (Å²) in [5.41, 5.74) is 3.77. The molecule has 0 radical (unpaired) electrons. The van der Waals surface area contributed by atoms with Gasteiger partial charge >= 0.3 is 0 Å². The maximum absolute atomic E-state index is 12.8. The van der Waals surface area contributed by atoms with E-state index in [2.05, 4.69) is 29.1 Å².